The van der Waals surface area contributed by atoms with Crippen molar-refractivity contribution >= 4 is 5.91 Å². The van der Waals surface area contributed by atoms with Gasteiger partial charge in [-0.25, -0.2) is 4.98 Å². The summed E-state index contributed by atoms with van der Waals surface area (Å²) in [4.78, 5) is 19.0. The van der Waals surface area contributed by atoms with Crippen LogP contribution >= 0.6 is 0 Å². The average molecular weight is 377 g/mol. The van der Waals surface area contributed by atoms with Gasteiger partial charge in [-0.05, 0) is 38.0 Å². The summed E-state index contributed by atoms with van der Waals surface area (Å²) in [5.41, 5.74) is 2.40. The Morgan fingerprint density at radius 1 is 1.14 bits per heavy atom. The summed E-state index contributed by atoms with van der Waals surface area (Å²) in [6, 6.07) is 17.4. The van der Waals surface area contributed by atoms with Gasteiger partial charge < -0.3 is 14.6 Å². The minimum Gasteiger partial charge on any atom is -0.388 e. The van der Waals surface area contributed by atoms with Crippen molar-refractivity contribution in [1.29, 1.82) is 0 Å². The average Bonchev–Trinajstić information content (AvgIpc) is 3.22. The summed E-state index contributed by atoms with van der Waals surface area (Å²) in [6.07, 6.45) is 3.64. The fourth-order valence-electron chi connectivity index (χ4n) is 3.22. The molecule has 1 amide bonds. The van der Waals surface area contributed by atoms with Gasteiger partial charge in [0.2, 0.25) is 0 Å². The van der Waals surface area contributed by atoms with E-state index >= 15 is 0 Å². The highest BCUT2D eigenvalue weighted by Gasteiger charge is 2.16. The van der Waals surface area contributed by atoms with Crippen LogP contribution in [0, 0.1) is 0 Å². The Balaban J connectivity index is 1.69. The van der Waals surface area contributed by atoms with Gasteiger partial charge in [-0.3, -0.25) is 4.79 Å². The summed E-state index contributed by atoms with van der Waals surface area (Å²) < 4.78 is 2.09. The van der Waals surface area contributed by atoms with Crippen LogP contribution in [0.15, 0.2) is 67.0 Å². The van der Waals surface area contributed by atoms with Crippen LogP contribution < -0.4 is 0 Å². The van der Waals surface area contributed by atoms with Crippen molar-refractivity contribution in [2.45, 2.75) is 32.4 Å². The largest absolute Gasteiger partial charge is 0.388 e. The Morgan fingerprint density at radius 3 is 2.61 bits per heavy atom. The van der Waals surface area contributed by atoms with Crippen LogP contribution in [0.4, 0.5) is 0 Å². The molecule has 0 saturated heterocycles. The number of rotatable bonds is 7. The van der Waals surface area contributed by atoms with Crippen molar-refractivity contribution in [2.75, 3.05) is 13.6 Å². The highest BCUT2D eigenvalue weighted by atomic mass is 16.3. The summed E-state index contributed by atoms with van der Waals surface area (Å²) in [5, 5.41) is 10.3. The van der Waals surface area contributed by atoms with Crippen LogP contribution in [0.25, 0.3) is 11.4 Å². The molecule has 146 valence electrons. The molecule has 1 N–H and O–H groups in total. The van der Waals surface area contributed by atoms with E-state index < -0.39 is 6.10 Å². The van der Waals surface area contributed by atoms with Crippen LogP contribution in [-0.2, 0) is 0 Å². The molecular weight excluding hydrogens is 350 g/mol. The van der Waals surface area contributed by atoms with Crippen LogP contribution in [0.3, 0.4) is 0 Å². The van der Waals surface area contributed by atoms with Gasteiger partial charge in [0.1, 0.15) is 5.82 Å². The minimum absolute atomic E-state index is 0.0650. The standard InChI is InChI=1S/C23H27N3O2/c1-17(2)26-15-13-24-22(26)19-10-7-11-20(16-19)23(28)25(3)14-12-21(27)18-8-5-4-6-9-18/h4-11,13,15-17,21,27H,12,14H2,1-3H3/t21-/m0/s1. The maximum Gasteiger partial charge on any atom is 0.253 e. The van der Waals surface area contributed by atoms with E-state index in [-0.39, 0.29) is 5.91 Å². The molecule has 3 rings (SSSR count). The maximum atomic E-state index is 12.9. The molecule has 0 fully saturated rings. The molecule has 1 heterocycles. The van der Waals surface area contributed by atoms with Gasteiger partial charge in [-0.15, -0.1) is 0 Å². The number of hydrogen-bond donors (Lipinski definition) is 1. The molecule has 0 saturated carbocycles. The van der Waals surface area contributed by atoms with Crippen molar-refractivity contribution < 1.29 is 9.90 Å². The Kier molecular flexibility index (Phi) is 6.26. The normalized spacial score (nSPS) is 12.2. The molecular formula is C23H27N3O2. The molecule has 2 aromatic carbocycles. The van der Waals surface area contributed by atoms with Crippen molar-refractivity contribution in [2.24, 2.45) is 0 Å². The zero-order valence-corrected chi connectivity index (χ0v) is 16.6. The number of imidazole rings is 1. The number of aromatic nitrogens is 2. The third kappa shape index (κ3) is 4.49. The number of carbonyl (C=O) groups excluding carboxylic acids is 1. The second-order valence-electron chi connectivity index (χ2n) is 7.27. The van der Waals surface area contributed by atoms with E-state index in [4.69, 9.17) is 0 Å². The van der Waals surface area contributed by atoms with E-state index in [0.717, 1.165) is 17.0 Å². The number of amides is 1. The van der Waals surface area contributed by atoms with Gasteiger partial charge in [-0.1, -0.05) is 42.5 Å². The summed E-state index contributed by atoms with van der Waals surface area (Å²) in [5.74, 6) is 0.788. The Bertz CT molecular complexity index is 918. The van der Waals surface area contributed by atoms with Gasteiger partial charge in [-0.2, -0.15) is 0 Å². The fraction of sp³-hybridized carbons (Fsp3) is 0.304. The molecule has 0 unspecified atom stereocenters. The first-order valence-corrected chi connectivity index (χ1v) is 9.59. The molecule has 5 nitrogen and oxygen atoms in total. The molecule has 0 aliphatic rings. The van der Waals surface area contributed by atoms with Gasteiger partial charge in [0, 0.05) is 43.2 Å². The first-order valence-electron chi connectivity index (χ1n) is 9.59. The molecule has 0 bridgehead atoms. The molecule has 5 heteroatoms. The highest BCUT2D eigenvalue weighted by molar-refractivity contribution is 5.95. The van der Waals surface area contributed by atoms with E-state index in [1.54, 1.807) is 18.1 Å². The van der Waals surface area contributed by atoms with Gasteiger partial charge in [0.15, 0.2) is 0 Å². The van der Waals surface area contributed by atoms with E-state index in [1.807, 2.05) is 60.8 Å². The predicted octanol–water partition coefficient (Wildman–Crippen LogP) is 4.33. The number of hydrogen-bond acceptors (Lipinski definition) is 3. The topological polar surface area (TPSA) is 58.4 Å². The molecule has 1 atom stereocenters. The lowest BCUT2D eigenvalue weighted by Gasteiger charge is -2.20. The number of carbonyl (C=O) groups is 1. The van der Waals surface area contributed by atoms with Crippen molar-refractivity contribution in [3.05, 3.63) is 78.1 Å². The molecule has 28 heavy (non-hydrogen) atoms. The van der Waals surface area contributed by atoms with Crippen molar-refractivity contribution in [3.63, 3.8) is 0 Å². The van der Waals surface area contributed by atoms with Crippen molar-refractivity contribution in [3.8, 4) is 11.4 Å². The van der Waals surface area contributed by atoms with E-state index in [1.165, 1.54) is 0 Å². The Morgan fingerprint density at radius 2 is 1.89 bits per heavy atom. The zero-order valence-electron chi connectivity index (χ0n) is 16.6. The van der Waals surface area contributed by atoms with Crippen LogP contribution in [0.2, 0.25) is 0 Å². The molecule has 0 aliphatic heterocycles. The zero-order chi connectivity index (χ0) is 20.1. The molecule has 0 spiro atoms. The number of aliphatic hydroxyl groups is 1. The number of nitrogens with zero attached hydrogens (tertiary/aromatic N) is 3. The second kappa shape index (κ2) is 8.85. The fourth-order valence-corrected chi connectivity index (χ4v) is 3.22. The smallest absolute Gasteiger partial charge is 0.253 e. The lowest BCUT2D eigenvalue weighted by molar-refractivity contribution is 0.0761. The van der Waals surface area contributed by atoms with Gasteiger partial charge in [0.05, 0.1) is 6.10 Å². The monoisotopic (exact) mass is 377 g/mol. The summed E-state index contributed by atoms with van der Waals surface area (Å²) >= 11 is 0. The van der Waals surface area contributed by atoms with E-state index in [0.29, 0.717) is 24.6 Å². The first kappa shape index (κ1) is 19.8. The Labute approximate surface area is 166 Å². The SMILES string of the molecule is CC(C)n1ccnc1-c1cccc(C(=O)N(C)CC[C@H](O)c2ccccc2)c1. The number of benzene rings is 2. The quantitative estimate of drug-likeness (QED) is 0.667. The molecule has 1 aromatic heterocycles. The van der Waals surface area contributed by atoms with Crippen LogP contribution in [0.5, 0.6) is 0 Å². The predicted molar refractivity (Wildman–Crippen MR) is 111 cm³/mol. The van der Waals surface area contributed by atoms with Crippen LogP contribution in [-0.4, -0.2) is 39.1 Å². The number of aliphatic hydroxyl groups excluding tert-OH is 1. The Hall–Kier alpha value is -2.92. The van der Waals surface area contributed by atoms with Gasteiger partial charge in [0.25, 0.3) is 5.91 Å². The van der Waals surface area contributed by atoms with Gasteiger partial charge >= 0.3 is 0 Å². The minimum atomic E-state index is -0.582. The highest BCUT2D eigenvalue weighted by Crippen LogP contribution is 2.23. The summed E-state index contributed by atoms with van der Waals surface area (Å²) in [7, 11) is 1.77. The summed E-state index contributed by atoms with van der Waals surface area (Å²) in [6.45, 7) is 4.68. The van der Waals surface area contributed by atoms with Crippen LogP contribution in [0.1, 0.15) is 48.3 Å². The molecule has 0 radical (unpaired) electrons. The lowest BCUT2D eigenvalue weighted by Crippen LogP contribution is -2.28. The third-order valence-electron chi connectivity index (χ3n) is 4.86. The van der Waals surface area contributed by atoms with E-state index in [2.05, 4.69) is 23.4 Å². The lowest BCUT2D eigenvalue weighted by atomic mass is 10.1. The second-order valence-corrected chi connectivity index (χ2v) is 7.27. The maximum absolute atomic E-state index is 12.9. The molecule has 0 aliphatic carbocycles. The first-order chi connectivity index (χ1) is 13.5. The van der Waals surface area contributed by atoms with Crippen molar-refractivity contribution in [1.82, 2.24) is 14.5 Å². The third-order valence-corrected chi connectivity index (χ3v) is 4.86. The molecule has 3 aromatic rings. The van der Waals surface area contributed by atoms with E-state index in [9.17, 15) is 9.90 Å².